The van der Waals surface area contributed by atoms with Gasteiger partial charge in [-0.2, -0.15) is 0 Å². The third kappa shape index (κ3) is 3.47. The maximum atomic E-state index is 12.5. The van der Waals surface area contributed by atoms with E-state index in [4.69, 9.17) is 9.47 Å². The second-order valence-electron chi connectivity index (χ2n) is 6.42. The summed E-state index contributed by atoms with van der Waals surface area (Å²) in [6, 6.07) is 5.99. The summed E-state index contributed by atoms with van der Waals surface area (Å²) in [6.07, 6.45) is 1.26. The largest absolute Gasteiger partial charge is 0.497 e. The normalized spacial score (nSPS) is 15.3. The molecule has 5 nitrogen and oxygen atoms in total. The Labute approximate surface area is 139 Å². The van der Waals surface area contributed by atoms with E-state index < -0.39 is 5.60 Å². The van der Waals surface area contributed by atoms with Gasteiger partial charge in [-0.15, -0.1) is 11.3 Å². The molecule has 1 aromatic heterocycles. The van der Waals surface area contributed by atoms with Crippen molar-refractivity contribution in [1.29, 1.82) is 0 Å². The van der Waals surface area contributed by atoms with Gasteiger partial charge in [-0.05, 0) is 39.8 Å². The number of benzene rings is 1. The number of hydrogen-bond acceptors (Lipinski definition) is 5. The van der Waals surface area contributed by atoms with Crippen molar-refractivity contribution in [2.75, 3.05) is 13.2 Å². The fourth-order valence-corrected chi connectivity index (χ4v) is 3.21. The molecule has 3 rings (SSSR count). The van der Waals surface area contributed by atoms with Crippen molar-refractivity contribution in [2.45, 2.75) is 33.3 Å². The molecular formula is C17H20N2O3S. The van der Waals surface area contributed by atoms with E-state index in [2.05, 4.69) is 4.98 Å². The van der Waals surface area contributed by atoms with Crippen LogP contribution in [0, 0.1) is 6.92 Å². The minimum atomic E-state index is -0.531. The molecule has 0 atom stereocenters. The number of nitrogens with zero attached hydrogens (tertiary/aromatic N) is 2. The van der Waals surface area contributed by atoms with Crippen LogP contribution in [-0.2, 0) is 9.47 Å². The lowest BCUT2D eigenvalue weighted by molar-refractivity contribution is 0.0296. The Morgan fingerprint density at radius 1 is 1.39 bits per heavy atom. The van der Waals surface area contributed by atoms with Crippen molar-refractivity contribution >= 4 is 33.3 Å². The van der Waals surface area contributed by atoms with E-state index >= 15 is 0 Å². The third-order valence-corrected chi connectivity index (χ3v) is 4.27. The number of amides is 1. The van der Waals surface area contributed by atoms with Crippen molar-refractivity contribution in [3.8, 4) is 0 Å². The fraction of sp³-hybridized carbons (Fsp3) is 0.412. The van der Waals surface area contributed by atoms with E-state index in [1.165, 1.54) is 0 Å². The monoisotopic (exact) mass is 332 g/mol. The van der Waals surface area contributed by atoms with Gasteiger partial charge in [-0.3, -0.25) is 4.90 Å². The topological polar surface area (TPSA) is 51.7 Å². The second-order valence-corrected chi connectivity index (χ2v) is 7.66. The molecule has 122 valence electrons. The maximum Gasteiger partial charge on any atom is 0.415 e. The molecule has 0 fully saturated rings. The molecule has 6 heteroatoms. The summed E-state index contributed by atoms with van der Waals surface area (Å²) in [5, 5.41) is 1.02. The molecule has 0 radical (unpaired) electrons. The van der Waals surface area contributed by atoms with Gasteiger partial charge in [0, 0.05) is 5.56 Å². The van der Waals surface area contributed by atoms with Gasteiger partial charge >= 0.3 is 6.09 Å². The Kier molecular flexibility index (Phi) is 4.02. The zero-order valence-electron chi connectivity index (χ0n) is 13.8. The van der Waals surface area contributed by atoms with Crippen LogP contribution in [0.25, 0.3) is 15.9 Å². The van der Waals surface area contributed by atoms with Crippen LogP contribution in [0.5, 0.6) is 0 Å². The first-order chi connectivity index (χ1) is 10.8. The van der Waals surface area contributed by atoms with Crippen LogP contribution in [-0.4, -0.2) is 34.7 Å². The molecule has 1 aromatic carbocycles. The van der Waals surface area contributed by atoms with Crippen LogP contribution in [0.4, 0.5) is 4.79 Å². The Morgan fingerprint density at radius 2 is 2.17 bits per heavy atom. The molecule has 23 heavy (non-hydrogen) atoms. The SMILES string of the molecule is Cc1nc2cc(C3=COCCN3C(=O)OC(C)(C)C)ccc2s1. The Balaban J connectivity index is 1.93. The smallest absolute Gasteiger partial charge is 0.415 e. The molecule has 0 bridgehead atoms. The Hall–Kier alpha value is -2.08. The van der Waals surface area contributed by atoms with Crippen LogP contribution in [0.3, 0.4) is 0 Å². The molecule has 0 saturated carbocycles. The molecule has 1 aliphatic heterocycles. The first kappa shape index (κ1) is 15.8. The number of fused-ring (bicyclic) bond motifs is 1. The molecular weight excluding hydrogens is 312 g/mol. The predicted octanol–water partition coefficient (Wildman–Crippen LogP) is 4.17. The van der Waals surface area contributed by atoms with Gasteiger partial charge in [0.15, 0.2) is 0 Å². The Bertz CT molecular complexity index is 774. The highest BCUT2D eigenvalue weighted by Crippen LogP contribution is 2.29. The van der Waals surface area contributed by atoms with E-state index in [9.17, 15) is 4.79 Å². The zero-order chi connectivity index (χ0) is 16.6. The lowest BCUT2D eigenvalue weighted by atomic mass is 10.1. The molecule has 0 aliphatic carbocycles. The number of carbonyl (C=O) groups excluding carboxylic acids is 1. The molecule has 0 saturated heterocycles. The molecule has 0 N–H and O–H groups in total. The van der Waals surface area contributed by atoms with Crippen LogP contribution in [0.1, 0.15) is 31.3 Å². The minimum Gasteiger partial charge on any atom is -0.497 e. The quantitative estimate of drug-likeness (QED) is 0.786. The maximum absolute atomic E-state index is 12.5. The van der Waals surface area contributed by atoms with Crippen molar-refractivity contribution < 1.29 is 14.3 Å². The van der Waals surface area contributed by atoms with Crippen LogP contribution >= 0.6 is 11.3 Å². The van der Waals surface area contributed by atoms with E-state index in [0.717, 1.165) is 20.8 Å². The number of aromatic nitrogens is 1. The van der Waals surface area contributed by atoms with Gasteiger partial charge in [-0.25, -0.2) is 9.78 Å². The van der Waals surface area contributed by atoms with Gasteiger partial charge in [0.25, 0.3) is 0 Å². The molecule has 0 spiro atoms. The summed E-state index contributed by atoms with van der Waals surface area (Å²) in [4.78, 5) is 18.6. The molecule has 2 aromatic rings. The average molecular weight is 332 g/mol. The van der Waals surface area contributed by atoms with Crippen LogP contribution in [0.2, 0.25) is 0 Å². The first-order valence-corrected chi connectivity index (χ1v) is 8.35. The fourth-order valence-electron chi connectivity index (χ4n) is 2.40. The predicted molar refractivity (Wildman–Crippen MR) is 91.2 cm³/mol. The van der Waals surface area contributed by atoms with Gasteiger partial charge in [0.2, 0.25) is 0 Å². The summed E-state index contributed by atoms with van der Waals surface area (Å²) in [6.45, 7) is 8.49. The third-order valence-electron chi connectivity index (χ3n) is 3.32. The van der Waals surface area contributed by atoms with Gasteiger partial charge in [0.05, 0.1) is 27.5 Å². The highest BCUT2D eigenvalue weighted by Gasteiger charge is 2.28. The highest BCUT2D eigenvalue weighted by molar-refractivity contribution is 7.18. The first-order valence-electron chi connectivity index (χ1n) is 7.53. The van der Waals surface area contributed by atoms with Crippen molar-refractivity contribution in [3.05, 3.63) is 35.0 Å². The minimum absolute atomic E-state index is 0.360. The standard InChI is InChI=1S/C17H20N2O3S/c1-11-18-13-9-12(5-6-15(13)23-11)14-10-21-8-7-19(14)16(20)22-17(2,3)4/h5-6,9-10H,7-8H2,1-4H3. The second kappa shape index (κ2) is 5.85. The number of rotatable bonds is 1. The summed E-state index contributed by atoms with van der Waals surface area (Å²) in [5.74, 6) is 0. The average Bonchev–Trinajstić information content (AvgIpc) is 2.84. The van der Waals surface area contributed by atoms with Crippen LogP contribution < -0.4 is 0 Å². The van der Waals surface area contributed by atoms with Crippen molar-refractivity contribution in [2.24, 2.45) is 0 Å². The summed E-state index contributed by atoms with van der Waals surface area (Å²) in [5.41, 5.74) is 2.00. The lowest BCUT2D eigenvalue weighted by Crippen LogP contribution is -2.39. The zero-order valence-corrected chi connectivity index (χ0v) is 14.6. The summed E-state index contributed by atoms with van der Waals surface area (Å²) < 4.78 is 12.1. The van der Waals surface area contributed by atoms with E-state index in [1.54, 1.807) is 22.5 Å². The molecule has 0 unspecified atom stereocenters. The van der Waals surface area contributed by atoms with Gasteiger partial charge in [-0.1, -0.05) is 6.07 Å². The van der Waals surface area contributed by atoms with Gasteiger partial charge < -0.3 is 9.47 Å². The van der Waals surface area contributed by atoms with Crippen molar-refractivity contribution in [3.63, 3.8) is 0 Å². The number of carbonyl (C=O) groups is 1. The molecule has 1 amide bonds. The molecule has 1 aliphatic rings. The Morgan fingerprint density at radius 3 is 2.91 bits per heavy atom. The van der Waals surface area contributed by atoms with E-state index in [0.29, 0.717) is 18.8 Å². The number of aryl methyl sites for hydroxylation is 1. The highest BCUT2D eigenvalue weighted by atomic mass is 32.1. The van der Waals surface area contributed by atoms with Gasteiger partial charge in [0.1, 0.15) is 18.5 Å². The van der Waals surface area contributed by atoms with Crippen LogP contribution in [0.15, 0.2) is 24.5 Å². The number of hydrogen-bond donors (Lipinski definition) is 0. The van der Waals surface area contributed by atoms with E-state index in [-0.39, 0.29) is 6.09 Å². The summed E-state index contributed by atoms with van der Waals surface area (Å²) >= 11 is 1.66. The number of thiazole rings is 1. The molecule has 2 heterocycles. The number of ether oxygens (including phenoxy) is 2. The lowest BCUT2D eigenvalue weighted by Gasteiger charge is -2.31. The summed E-state index contributed by atoms with van der Waals surface area (Å²) in [7, 11) is 0. The van der Waals surface area contributed by atoms with Crippen molar-refractivity contribution in [1.82, 2.24) is 9.88 Å². The van der Waals surface area contributed by atoms with E-state index in [1.807, 2.05) is 45.9 Å².